The van der Waals surface area contributed by atoms with Crippen LogP contribution >= 0.6 is 11.3 Å². The number of benzene rings is 2. The number of amides is 3. The largest absolute Gasteiger partial charge is 0.336 e. The first-order valence-corrected chi connectivity index (χ1v) is 12.7. The molecule has 3 aromatic rings. The van der Waals surface area contributed by atoms with E-state index in [-0.39, 0.29) is 30.7 Å². The van der Waals surface area contributed by atoms with E-state index in [1.807, 2.05) is 80.7 Å². The SMILES string of the molecule is Cc1ccc(N2C(=O)CCC(C(=O)N(C)CC(=O)Nc3c(C)cccc3C)C2c2cccs2)cc1. The van der Waals surface area contributed by atoms with Crippen LogP contribution < -0.4 is 10.2 Å². The minimum atomic E-state index is -0.439. The van der Waals surface area contributed by atoms with Gasteiger partial charge in [-0.2, -0.15) is 0 Å². The van der Waals surface area contributed by atoms with Crippen LogP contribution in [0.15, 0.2) is 60.0 Å². The number of para-hydroxylation sites is 1. The lowest BCUT2D eigenvalue weighted by Gasteiger charge is -2.41. The number of piperidine rings is 1. The van der Waals surface area contributed by atoms with Gasteiger partial charge >= 0.3 is 0 Å². The number of anilines is 2. The first-order valence-electron chi connectivity index (χ1n) is 11.8. The van der Waals surface area contributed by atoms with Crippen LogP contribution in [0.2, 0.25) is 0 Å². The zero-order valence-corrected chi connectivity index (χ0v) is 21.4. The number of nitrogens with one attached hydrogen (secondary N) is 1. The number of rotatable bonds is 6. The van der Waals surface area contributed by atoms with Gasteiger partial charge in [0.2, 0.25) is 17.7 Å². The van der Waals surface area contributed by atoms with E-state index in [2.05, 4.69) is 5.32 Å². The third kappa shape index (κ3) is 5.30. The van der Waals surface area contributed by atoms with Crippen LogP contribution in [0.5, 0.6) is 0 Å². The van der Waals surface area contributed by atoms with Gasteiger partial charge in [-0.3, -0.25) is 14.4 Å². The molecule has 1 saturated heterocycles. The molecule has 0 radical (unpaired) electrons. The lowest BCUT2D eigenvalue weighted by atomic mass is 9.86. The molecule has 6 nitrogen and oxygen atoms in total. The molecule has 35 heavy (non-hydrogen) atoms. The molecule has 7 heteroatoms. The zero-order valence-electron chi connectivity index (χ0n) is 20.6. The molecular formula is C28H31N3O3S. The molecule has 0 bridgehead atoms. The third-order valence-electron chi connectivity index (χ3n) is 6.56. The first-order chi connectivity index (χ1) is 16.8. The van der Waals surface area contributed by atoms with Crippen molar-refractivity contribution in [3.63, 3.8) is 0 Å². The first kappa shape index (κ1) is 24.7. The van der Waals surface area contributed by atoms with Gasteiger partial charge in [0.05, 0.1) is 18.5 Å². The summed E-state index contributed by atoms with van der Waals surface area (Å²) in [6.07, 6.45) is 0.736. The standard InChI is InChI=1S/C28H31N3O3S/c1-18-10-12-21(13-11-18)31-25(33)15-14-22(27(31)23-9-6-16-35-23)28(34)30(4)17-24(32)29-26-19(2)7-5-8-20(26)3/h5-13,16,22,27H,14-15,17H2,1-4H3,(H,29,32). The average molecular weight is 490 g/mol. The normalized spacial score (nSPS) is 17.8. The molecule has 0 aliphatic carbocycles. The summed E-state index contributed by atoms with van der Waals surface area (Å²) in [6, 6.07) is 17.2. The van der Waals surface area contributed by atoms with E-state index in [1.54, 1.807) is 23.3 Å². The van der Waals surface area contributed by atoms with Crippen molar-refractivity contribution in [2.45, 2.75) is 39.7 Å². The van der Waals surface area contributed by atoms with Crippen molar-refractivity contribution < 1.29 is 14.4 Å². The van der Waals surface area contributed by atoms with Gasteiger partial charge in [0.1, 0.15) is 0 Å². The van der Waals surface area contributed by atoms with E-state index in [0.717, 1.165) is 32.9 Å². The van der Waals surface area contributed by atoms with Crippen molar-refractivity contribution in [1.82, 2.24) is 4.90 Å². The van der Waals surface area contributed by atoms with E-state index in [0.29, 0.717) is 6.42 Å². The van der Waals surface area contributed by atoms with Crippen molar-refractivity contribution in [3.05, 3.63) is 81.5 Å². The monoisotopic (exact) mass is 489 g/mol. The number of thiophene rings is 1. The highest BCUT2D eigenvalue weighted by molar-refractivity contribution is 7.10. The highest BCUT2D eigenvalue weighted by Crippen LogP contribution is 2.42. The molecule has 1 aromatic heterocycles. The van der Waals surface area contributed by atoms with Crippen molar-refractivity contribution in [3.8, 4) is 0 Å². The van der Waals surface area contributed by atoms with Crippen molar-refractivity contribution in [2.75, 3.05) is 23.8 Å². The van der Waals surface area contributed by atoms with Crippen LogP contribution in [0.25, 0.3) is 0 Å². The average Bonchev–Trinajstić information content (AvgIpc) is 3.36. The minimum Gasteiger partial charge on any atom is -0.336 e. The van der Waals surface area contributed by atoms with Crippen LogP contribution in [0.1, 0.15) is 40.5 Å². The molecule has 1 aliphatic rings. The number of carbonyl (C=O) groups excluding carboxylic acids is 3. The van der Waals surface area contributed by atoms with Gasteiger partial charge in [-0.05, 0) is 61.9 Å². The fourth-order valence-corrected chi connectivity index (χ4v) is 5.59. The van der Waals surface area contributed by atoms with Gasteiger partial charge in [-0.1, -0.05) is 42.0 Å². The van der Waals surface area contributed by atoms with Crippen LogP contribution in [0.3, 0.4) is 0 Å². The predicted octanol–water partition coefficient (Wildman–Crippen LogP) is 5.25. The van der Waals surface area contributed by atoms with Gasteiger partial charge in [0.25, 0.3) is 0 Å². The molecular weight excluding hydrogens is 458 g/mol. The van der Waals surface area contributed by atoms with E-state index >= 15 is 0 Å². The second-order valence-corrected chi connectivity index (χ2v) is 10.2. The molecule has 2 heterocycles. The number of hydrogen-bond donors (Lipinski definition) is 1. The molecule has 4 rings (SSSR count). The molecule has 2 aromatic carbocycles. The van der Waals surface area contributed by atoms with E-state index in [9.17, 15) is 14.4 Å². The van der Waals surface area contributed by atoms with Gasteiger partial charge in [0.15, 0.2) is 0 Å². The topological polar surface area (TPSA) is 69.7 Å². The highest BCUT2D eigenvalue weighted by atomic mass is 32.1. The maximum Gasteiger partial charge on any atom is 0.243 e. The number of aryl methyl sites for hydroxylation is 3. The molecule has 1 fully saturated rings. The summed E-state index contributed by atoms with van der Waals surface area (Å²) in [6.45, 7) is 5.84. The summed E-state index contributed by atoms with van der Waals surface area (Å²) < 4.78 is 0. The van der Waals surface area contributed by atoms with Gasteiger partial charge in [0, 0.05) is 29.7 Å². The Labute approximate surface area is 210 Å². The number of hydrogen-bond acceptors (Lipinski definition) is 4. The van der Waals surface area contributed by atoms with Gasteiger partial charge in [-0.15, -0.1) is 11.3 Å². The zero-order chi connectivity index (χ0) is 25.1. The van der Waals surface area contributed by atoms with E-state index in [4.69, 9.17) is 0 Å². The Morgan fingerprint density at radius 2 is 1.71 bits per heavy atom. The Hall–Kier alpha value is -3.45. The van der Waals surface area contributed by atoms with Crippen LogP contribution in [0.4, 0.5) is 11.4 Å². The molecule has 1 aliphatic heterocycles. The third-order valence-corrected chi connectivity index (χ3v) is 7.51. The van der Waals surface area contributed by atoms with Crippen molar-refractivity contribution in [1.29, 1.82) is 0 Å². The Morgan fingerprint density at radius 1 is 1.03 bits per heavy atom. The number of carbonyl (C=O) groups is 3. The molecule has 3 amide bonds. The minimum absolute atomic E-state index is 0.00623. The molecule has 0 spiro atoms. The van der Waals surface area contributed by atoms with Crippen LogP contribution in [0, 0.1) is 26.7 Å². The molecule has 0 saturated carbocycles. The second-order valence-electron chi connectivity index (χ2n) is 9.21. The Bertz CT molecular complexity index is 1200. The Kier molecular flexibility index (Phi) is 7.36. The second kappa shape index (κ2) is 10.4. The van der Waals surface area contributed by atoms with Crippen molar-refractivity contribution in [2.24, 2.45) is 5.92 Å². The maximum atomic E-state index is 13.7. The lowest BCUT2D eigenvalue weighted by molar-refractivity contribution is -0.139. The van der Waals surface area contributed by atoms with Gasteiger partial charge in [-0.25, -0.2) is 0 Å². The van der Waals surface area contributed by atoms with E-state index in [1.165, 1.54) is 4.90 Å². The number of likely N-dealkylation sites (N-methyl/N-ethyl adjacent to an activating group) is 1. The fourth-order valence-electron chi connectivity index (χ4n) is 4.71. The summed E-state index contributed by atoms with van der Waals surface area (Å²) in [5.74, 6) is -0.810. The van der Waals surface area contributed by atoms with Crippen molar-refractivity contribution >= 4 is 40.4 Å². The molecule has 2 unspecified atom stereocenters. The summed E-state index contributed by atoms with van der Waals surface area (Å²) in [5, 5.41) is 4.92. The van der Waals surface area contributed by atoms with Gasteiger partial charge < -0.3 is 15.1 Å². The predicted molar refractivity (Wildman–Crippen MR) is 141 cm³/mol. The lowest BCUT2D eigenvalue weighted by Crippen LogP contribution is -2.49. The summed E-state index contributed by atoms with van der Waals surface area (Å²) >= 11 is 1.54. The Morgan fingerprint density at radius 3 is 2.34 bits per heavy atom. The highest BCUT2D eigenvalue weighted by Gasteiger charge is 2.43. The smallest absolute Gasteiger partial charge is 0.243 e. The molecule has 1 N–H and O–H groups in total. The quantitative estimate of drug-likeness (QED) is 0.514. The number of nitrogens with zero attached hydrogens (tertiary/aromatic N) is 2. The summed E-state index contributed by atoms with van der Waals surface area (Å²) in [7, 11) is 1.66. The fraction of sp³-hybridized carbons (Fsp3) is 0.321. The Balaban J connectivity index is 1.57. The van der Waals surface area contributed by atoms with Crippen LogP contribution in [-0.2, 0) is 14.4 Å². The maximum absolute atomic E-state index is 13.7. The van der Waals surface area contributed by atoms with E-state index < -0.39 is 12.0 Å². The van der Waals surface area contributed by atoms with Crippen LogP contribution in [-0.4, -0.2) is 36.2 Å². The summed E-state index contributed by atoms with van der Waals surface area (Å²) in [5.41, 5.74) is 4.62. The molecule has 2 atom stereocenters. The molecule has 182 valence electrons. The summed E-state index contributed by atoms with van der Waals surface area (Å²) in [4.78, 5) is 43.8.